The minimum Gasteiger partial charge on any atom is -0.384 e. The van der Waals surface area contributed by atoms with Crippen LogP contribution in [0.25, 0.3) is 0 Å². The number of ether oxygens (including phenoxy) is 1. The van der Waals surface area contributed by atoms with E-state index in [1.807, 2.05) is 12.1 Å². The van der Waals surface area contributed by atoms with E-state index >= 15 is 0 Å². The molecule has 0 radical (unpaired) electrons. The van der Waals surface area contributed by atoms with Crippen LogP contribution in [0.1, 0.15) is 35.2 Å². The molecule has 1 aromatic rings. The predicted octanol–water partition coefficient (Wildman–Crippen LogP) is 1.33. The van der Waals surface area contributed by atoms with Crippen LogP contribution in [-0.4, -0.2) is 36.4 Å². The van der Waals surface area contributed by atoms with Crippen LogP contribution < -0.4 is 5.32 Å². The van der Waals surface area contributed by atoms with Crippen molar-refractivity contribution < 1.29 is 14.6 Å². The largest absolute Gasteiger partial charge is 0.384 e. The molecule has 3 rings (SSSR count). The summed E-state index contributed by atoms with van der Waals surface area (Å²) in [6.07, 6.45) is 3.45. The van der Waals surface area contributed by atoms with Gasteiger partial charge in [-0.1, -0.05) is 24.0 Å². The van der Waals surface area contributed by atoms with E-state index in [0.29, 0.717) is 17.0 Å². The molecule has 1 aliphatic carbocycles. The Hall–Kier alpha value is -1.83. The van der Waals surface area contributed by atoms with Crippen LogP contribution in [0.2, 0.25) is 0 Å². The lowest BCUT2D eigenvalue weighted by Crippen LogP contribution is -2.41. The second-order valence-corrected chi connectivity index (χ2v) is 5.55. The number of hydrogen-bond donors (Lipinski definition) is 2. The number of hydrogen-bond acceptors (Lipinski definition) is 3. The van der Waals surface area contributed by atoms with Crippen LogP contribution in [0.4, 0.5) is 0 Å². The maximum Gasteiger partial charge on any atom is 0.252 e. The minimum absolute atomic E-state index is 0.101. The molecule has 4 nitrogen and oxygen atoms in total. The smallest absolute Gasteiger partial charge is 0.252 e. The summed E-state index contributed by atoms with van der Waals surface area (Å²) >= 11 is 0. The van der Waals surface area contributed by atoms with Crippen molar-refractivity contribution in [1.82, 2.24) is 5.32 Å². The van der Waals surface area contributed by atoms with Gasteiger partial charge in [0.2, 0.25) is 0 Å². The molecule has 2 atom stereocenters. The Morgan fingerprint density at radius 2 is 2.14 bits per heavy atom. The summed E-state index contributed by atoms with van der Waals surface area (Å²) in [5, 5.41) is 11.9. The first-order valence-corrected chi connectivity index (χ1v) is 7.41. The van der Waals surface area contributed by atoms with Crippen LogP contribution in [0, 0.1) is 17.8 Å². The van der Waals surface area contributed by atoms with Gasteiger partial charge in [0.1, 0.15) is 6.61 Å². The molecule has 2 aliphatic rings. The lowest BCUT2D eigenvalue weighted by Gasteiger charge is -2.19. The van der Waals surface area contributed by atoms with E-state index in [0.717, 1.165) is 13.0 Å². The van der Waals surface area contributed by atoms with Crippen molar-refractivity contribution in [3.63, 3.8) is 0 Å². The third-order valence-electron chi connectivity index (χ3n) is 4.01. The normalized spacial score (nSPS) is 24.2. The molecule has 0 spiro atoms. The number of nitrogens with one attached hydrogen (secondary N) is 1. The fourth-order valence-corrected chi connectivity index (χ4v) is 2.83. The average Bonchev–Trinajstić information content (AvgIpc) is 3.25. The van der Waals surface area contributed by atoms with Gasteiger partial charge in [0.05, 0.1) is 17.7 Å². The molecule has 1 aliphatic heterocycles. The Kier molecular flexibility index (Phi) is 4.23. The molecule has 0 bridgehead atoms. The lowest BCUT2D eigenvalue weighted by molar-refractivity contribution is 0.0729. The van der Waals surface area contributed by atoms with Gasteiger partial charge in [-0.05, 0) is 37.3 Å². The molecular formula is C17H19NO3. The highest BCUT2D eigenvalue weighted by Crippen LogP contribution is 2.38. The van der Waals surface area contributed by atoms with E-state index in [1.165, 1.54) is 12.8 Å². The molecule has 2 fully saturated rings. The second-order valence-electron chi connectivity index (χ2n) is 5.55. The number of carbonyl (C=O) groups excluding carboxylic acids is 1. The molecule has 1 heterocycles. The van der Waals surface area contributed by atoms with Crippen molar-refractivity contribution in [2.75, 3.05) is 13.2 Å². The summed E-state index contributed by atoms with van der Waals surface area (Å²) in [6.45, 7) is 0.508. The van der Waals surface area contributed by atoms with E-state index in [2.05, 4.69) is 17.2 Å². The summed E-state index contributed by atoms with van der Waals surface area (Å²) < 4.78 is 5.75. The summed E-state index contributed by atoms with van der Waals surface area (Å²) in [7, 11) is 0. The Balaban J connectivity index is 1.73. The van der Waals surface area contributed by atoms with Crippen LogP contribution >= 0.6 is 0 Å². The topological polar surface area (TPSA) is 58.6 Å². The summed E-state index contributed by atoms with van der Waals surface area (Å²) in [5.41, 5.74) is 1.20. The van der Waals surface area contributed by atoms with E-state index in [9.17, 15) is 4.79 Å². The summed E-state index contributed by atoms with van der Waals surface area (Å²) in [4.78, 5) is 12.5. The maximum absolute atomic E-state index is 12.5. The zero-order valence-electron chi connectivity index (χ0n) is 11.8. The van der Waals surface area contributed by atoms with Gasteiger partial charge in [0.25, 0.3) is 5.91 Å². The molecule has 21 heavy (non-hydrogen) atoms. The highest BCUT2D eigenvalue weighted by molar-refractivity contribution is 5.97. The number of aliphatic hydroxyl groups is 1. The highest BCUT2D eigenvalue weighted by Gasteiger charge is 2.41. The zero-order valence-corrected chi connectivity index (χ0v) is 11.8. The van der Waals surface area contributed by atoms with Gasteiger partial charge in [-0.2, -0.15) is 0 Å². The van der Waals surface area contributed by atoms with Crippen LogP contribution in [-0.2, 0) is 4.74 Å². The average molecular weight is 285 g/mol. The predicted molar refractivity (Wildman–Crippen MR) is 78.7 cm³/mol. The molecule has 110 valence electrons. The fourth-order valence-electron chi connectivity index (χ4n) is 2.83. The van der Waals surface area contributed by atoms with E-state index in [1.54, 1.807) is 12.1 Å². The molecule has 1 aromatic carbocycles. The second kappa shape index (κ2) is 6.30. The van der Waals surface area contributed by atoms with Crippen LogP contribution in [0.3, 0.4) is 0 Å². The molecule has 2 N–H and O–H groups in total. The Morgan fingerprint density at radius 3 is 2.90 bits per heavy atom. The summed E-state index contributed by atoms with van der Waals surface area (Å²) in [6, 6.07) is 7.32. The number of rotatable bonds is 3. The van der Waals surface area contributed by atoms with Crippen LogP contribution in [0.5, 0.6) is 0 Å². The first-order valence-electron chi connectivity index (χ1n) is 7.41. The Morgan fingerprint density at radius 1 is 1.33 bits per heavy atom. The quantitative estimate of drug-likeness (QED) is 0.824. The third-order valence-corrected chi connectivity index (χ3v) is 4.01. The summed E-state index contributed by atoms with van der Waals surface area (Å²) in [5.74, 6) is 5.92. The fraction of sp³-hybridized carbons (Fsp3) is 0.471. The monoisotopic (exact) mass is 285 g/mol. The van der Waals surface area contributed by atoms with Gasteiger partial charge in [0.15, 0.2) is 0 Å². The van der Waals surface area contributed by atoms with E-state index in [4.69, 9.17) is 9.84 Å². The zero-order chi connectivity index (χ0) is 14.7. The number of carbonyl (C=O) groups is 1. The SMILES string of the molecule is O=C(NC1CCOC1C1CC1)c1ccccc1C#CCO. The molecule has 0 aromatic heterocycles. The van der Waals surface area contributed by atoms with Gasteiger partial charge in [0, 0.05) is 12.2 Å². The van der Waals surface area contributed by atoms with Crippen molar-refractivity contribution in [1.29, 1.82) is 0 Å². The molecule has 2 unspecified atom stereocenters. The highest BCUT2D eigenvalue weighted by atomic mass is 16.5. The van der Waals surface area contributed by atoms with Gasteiger partial charge in [-0.25, -0.2) is 0 Å². The van der Waals surface area contributed by atoms with Crippen molar-refractivity contribution in [3.8, 4) is 11.8 Å². The standard InChI is InChI=1S/C17H19NO3/c19-10-3-5-12-4-1-2-6-14(12)17(20)18-15-9-11-21-16(15)13-7-8-13/h1-2,4,6,13,15-16,19H,7-11H2,(H,18,20). The number of amides is 1. The van der Waals surface area contributed by atoms with Gasteiger partial charge in [-0.3, -0.25) is 4.79 Å². The third kappa shape index (κ3) is 3.26. The minimum atomic E-state index is -0.212. The Labute approximate surface area is 124 Å². The van der Waals surface area contributed by atoms with E-state index < -0.39 is 0 Å². The molecule has 1 saturated carbocycles. The van der Waals surface area contributed by atoms with Crippen molar-refractivity contribution in [2.24, 2.45) is 5.92 Å². The Bertz CT molecular complexity index is 583. The van der Waals surface area contributed by atoms with Gasteiger partial charge < -0.3 is 15.2 Å². The van der Waals surface area contributed by atoms with Gasteiger partial charge >= 0.3 is 0 Å². The first kappa shape index (κ1) is 14.1. The number of aliphatic hydroxyl groups excluding tert-OH is 1. The first-order chi connectivity index (χ1) is 10.3. The van der Waals surface area contributed by atoms with Gasteiger partial charge in [-0.15, -0.1) is 0 Å². The maximum atomic E-state index is 12.5. The van der Waals surface area contributed by atoms with Crippen LogP contribution in [0.15, 0.2) is 24.3 Å². The molecule has 4 heteroatoms. The molecular weight excluding hydrogens is 266 g/mol. The molecule has 1 saturated heterocycles. The lowest BCUT2D eigenvalue weighted by atomic mass is 10.0. The van der Waals surface area contributed by atoms with Crippen molar-refractivity contribution in [3.05, 3.63) is 35.4 Å². The van der Waals surface area contributed by atoms with E-state index in [-0.39, 0.29) is 24.7 Å². The molecule has 1 amide bonds. The number of benzene rings is 1. The van der Waals surface area contributed by atoms with Crippen molar-refractivity contribution >= 4 is 5.91 Å². The van der Waals surface area contributed by atoms with Crippen molar-refractivity contribution in [2.45, 2.75) is 31.4 Å².